The molecule has 0 aliphatic rings. The van der Waals surface area contributed by atoms with Crippen LogP contribution in [0.15, 0.2) is 29.2 Å². The number of hydrogen-bond donors (Lipinski definition) is 1. The van der Waals surface area contributed by atoms with Crippen molar-refractivity contribution in [2.24, 2.45) is 0 Å². The molecular weight excluding hydrogens is 289 g/mol. The molecule has 0 aliphatic carbocycles. The number of thioether (sulfide) groups is 1. The molecule has 0 aliphatic heterocycles. The monoisotopic (exact) mass is 298 g/mol. The van der Waals surface area contributed by atoms with E-state index in [1.807, 2.05) is 0 Å². The van der Waals surface area contributed by atoms with Gasteiger partial charge in [0.25, 0.3) is 0 Å². The lowest BCUT2D eigenvalue weighted by Crippen LogP contribution is -2.10. The molecule has 0 heterocycles. The van der Waals surface area contributed by atoms with Gasteiger partial charge in [0.1, 0.15) is 0 Å². The number of carbonyl (C=O) groups is 1. The Hall–Kier alpha value is -1.02. The highest BCUT2D eigenvalue weighted by atomic mass is 32.2. The topological polar surface area (TPSA) is 54.4 Å². The Bertz CT molecular complexity index is 460. The summed E-state index contributed by atoms with van der Waals surface area (Å²) in [4.78, 5) is 10.9. The third kappa shape index (κ3) is 4.69. The molecule has 0 amide bonds. The summed E-state index contributed by atoms with van der Waals surface area (Å²) in [5, 5.41) is 8.85. The predicted octanol–water partition coefficient (Wildman–Crippen LogP) is 2.75. The summed E-state index contributed by atoms with van der Waals surface area (Å²) in [6, 6.07) is 5.58. The van der Waals surface area contributed by atoms with E-state index < -0.39 is 22.3 Å². The molecule has 1 N–H and O–H groups in total. The second-order valence-electron chi connectivity index (χ2n) is 3.15. The first kappa shape index (κ1) is 15.0. The van der Waals surface area contributed by atoms with Crippen molar-refractivity contribution < 1.29 is 27.3 Å². The van der Waals surface area contributed by atoms with Gasteiger partial charge in [-0.1, -0.05) is 23.9 Å². The summed E-state index contributed by atoms with van der Waals surface area (Å²) in [6.45, 7) is 0. The average Bonchev–Trinajstić information content (AvgIpc) is 2.27. The Morgan fingerprint density at radius 1 is 1.33 bits per heavy atom. The highest BCUT2D eigenvalue weighted by molar-refractivity contribution is 8.00. The minimum atomic E-state index is -4.36. The Labute approximate surface area is 108 Å². The Balaban J connectivity index is 2.70. The summed E-state index contributed by atoms with van der Waals surface area (Å²) in [7, 11) is -1.75. The lowest BCUT2D eigenvalue weighted by molar-refractivity contribution is -0.0326. The van der Waals surface area contributed by atoms with Crippen LogP contribution in [0, 0.1) is 0 Å². The van der Waals surface area contributed by atoms with Gasteiger partial charge in [0.2, 0.25) is 0 Å². The molecule has 3 nitrogen and oxygen atoms in total. The van der Waals surface area contributed by atoms with Crippen LogP contribution in [0.1, 0.15) is 10.4 Å². The standard InChI is InChI=1S/C10H9F3O3S2/c11-10(12,13)17-5-6-18(16)8-4-2-1-3-7(8)9(14)15/h1-4H,5-6H2,(H,14,15). The van der Waals surface area contributed by atoms with Gasteiger partial charge in [-0.15, -0.1) is 0 Å². The molecule has 0 fully saturated rings. The van der Waals surface area contributed by atoms with Crippen LogP contribution in [-0.2, 0) is 10.8 Å². The fourth-order valence-electron chi connectivity index (χ4n) is 1.18. The number of aromatic carboxylic acids is 1. The van der Waals surface area contributed by atoms with E-state index in [4.69, 9.17) is 5.11 Å². The molecule has 8 heteroatoms. The Morgan fingerprint density at radius 3 is 2.50 bits per heavy atom. The number of alkyl halides is 3. The van der Waals surface area contributed by atoms with Gasteiger partial charge in [-0.05, 0) is 12.1 Å². The van der Waals surface area contributed by atoms with Crippen molar-refractivity contribution in [3.8, 4) is 0 Å². The van der Waals surface area contributed by atoms with Crippen LogP contribution in [0.3, 0.4) is 0 Å². The van der Waals surface area contributed by atoms with Gasteiger partial charge in [0.05, 0.1) is 21.3 Å². The van der Waals surface area contributed by atoms with Gasteiger partial charge in [-0.3, -0.25) is 4.21 Å². The van der Waals surface area contributed by atoms with Crippen molar-refractivity contribution in [2.45, 2.75) is 10.4 Å². The van der Waals surface area contributed by atoms with Gasteiger partial charge in [-0.2, -0.15) is 13.2 Å². The zero-order chi connectivity index (χ0) is 13.8. The van der Waals surface area contributed by atoms with E-state index in [1.165, 1.54) is 24.3 Å². The van der Waals surface area contributed by atoms with E-state index in [-0.39, 0.29) is 33.7 Å². The molecule has 1 aromatic rings. The third-order valence-electron chi connectivity index (χ3n) is 1.90. The highest BCUT2D eigenvalue weighted by Crippen LogP contribution is 2.30. The van der Waals surface area contributed by atoms with E-state index in [0.29, 0.717) is 0 Å². The van der Waals surface area contributed by atoms with Gasteiger partial charge >= 0.3 is 11.5 Å². The fraction of sp³-hybridized carbons (Fsp3) is 0.300. The highest BCUT2D eigenvalue weighted by Gasteiger charge is 2.28. The van der Waals surface area contributed by atoms with Crippen LogP contribution >= 0.6 is 11.8 Å². The van der Waals surface area contributed by atoms with E-state index >= 15 is 0 Å². The Morgan fingerprint density at radius 2 is 1.94 bits per heavy atom. The SMILES string of the molecule is O=C(O)c1ccccc1S(=O)CCSC(F)(F)F. The average molecular weight is 298 g/mol. The number of halogens is 3. The van der Waals surface area contributed by atoms with Crippen LogP contribution in [0.5, 0.6) is 0 Å². The zero-order valence-electron chi connectivity index (χ0n) is 8.94. The number of rotatable bonds is 5. The quantitative estimate of drug-likeness (QED) is 0.908. The Kier molecular flexibility index (Phi) is 5.21. The molecule has 18 heavy (non-hydrogen) atoms. The van der Waals surface area contributed by atoms with E-state index in [0.717, 1.165) is 0 Å². The largest absolute Gasteiger partial charge is 0.478 e. The number of carboxylic acids is 1. The molecule has 0 radical (unpaired) electrons. The first-order valence-corrected chi connectivity index (χ1v) is 7.03. The summed E-state index contributed by atoms with van der Waals surface area (Å²) in [5.41, 5.74) is -4.51. The first-order chi connectivity index (χ1) is 8.31. The van der Waals surface area contributed by atoms with Crippen molar-refractivity contribution in [1.29, 1.82) is 0 Å². The second-order valence-corrected chi connectivity index (χ2v) is 5.84. The molecule has 1 rings (SSSR count). The number of benzene rings is 1. The fourth-order valence-corrected chi connectivity index (χ4v) is 3.21. The van der Waals surface area contributed by atoms with Crippen molar-refractivity contribution >= 4 is 28.5 Å². The normalized spacial score (nSPS) is 13.3. The molecule has 100 valence electrons. The van der Waals surface area contributed by atoms with Crippen molar-refractivity contribution in [3.63, 3.8) is 0 Å². The van der Waals surface area contributed by atoms with Gasteiger partial charge in [0, 0.05) is 11.5 Å². The number of hydrogen-bond acceptors (Lipinski definition) is 3. The second kappa shape index (κ2) is 6.24. The van der Waals surface area contributed by atoms with Gasteiger partial charge in [0.15, 0.2) is 0 Å². The molecule has 1 atom stereocenters. The molecular formula is C10H9F3O3S2. The van der Waals surface area contributed by atoms with Crippen LogP contribution in [0.4, 0.5) is 13.2 Å². The maximum atomic E-state index is 11.9. The molecule has 0 saturated carbocycles. The summed E-state index contributed by atoms with van der Waals surface area (Å²) < 4.78 is 47.4. The summed E-state index contributed by atoms with van der Waals surface area (Å²) in [5.74, 6) is -1.86. The van der Waals surface area contributed by atoms with Crippen molar-refractivity contribution in [3.05, 3.63) is 29.8 Å². The molecule has 1 aromatic carbocycles. The van der Waals surface area contributed by atoms with Gasteiger partial charge in [-0.25, -0.2) is 4.79 Å². The van der Waals surface area contributed by atoms with E-state index in [2.05, 4.69) is 0 Å². The van der Waals surface area contributed by atoms with E-state index in [9.17, 15) is 22.2 Å². The molecule has 0 aromatic heterocycles. The van der Waals surface area contributed by atoms with Crippen molar-refractivity contribution in [2.75, 3.05) is 11.5 Å². The van der Waals surface area contributed by atoms with Gasteiger partial charge < -0.3 is 5.11 Å². The van der Waals surface area contributed by atoms with Crippen LogP contribution < -0.4 is 0 Å². The van der Waals surface area contributed by atoms with Crippen molar-refractivity contribution in [1.82, 2.24) is 0 Å². The molecule has 0 spiro atoms. The minimum Gasteiger partial charge on any atom is -0.478 e. The first-order valence-electron chi connectivity index (χ1n) is 4.72. The third-order valence-corrected chi connectivity index (χ3v) is 4.31. The predicted molar refractivity (Wildman–Crippen MR) is 63.2 cm³/mol. The van der Waals surface area contributed by atoms with E-state index in [1.54, 1.807) is 0 Å². The lowest BCUT2D eigenvalue weighted by Gasteiger charge is -2.07. The summed E-state index contributed by atoms with van der Waals surface area (Å²) in [6.07, 6.45) is 0. The smallest absolute Gasteiger partial charge is 0.441 e. The zero-order valence-corrected chi connectivity index (χ0v) is 10.6. The lowest BCUT2D eigenvalue weighted by atomic mass is 10.2. The maximum absolute atomic E-state index is 11.9. The van der Waals surface area contributed by atoms with Crippen LogP contribution in [0.2, 0.25) is 0 Å². The van der Waals surface area contributed by atoms with Crippen LogP contribution in [0.25, 0.3) is 0 Å². The minimum absolute atomic E-state index is 0.0489. The maximum Gasteiger partial charge on any atom is 0.441 e. The summed E-state index contributed by atoms with van der Waals surface area (Å²) >= 11 is -0.270. The molecule has 0 saturated heterocycles. The van der Waals surface area contributed by atoms with Crippen LogP contribution in [-0.4, -0.2) is 32.3 Å². The molecule has 0 bridgehead atoms. The number of carboxylic acid groups (broad SMARTS) is 1. The molecule has 1 unspecified atom stereocenters.